The van der Waals surface area contributed by atoms with Crippen LogP contribution >= 0.6 is 12.6 Å². The summed E-state index contributed by atoms with van der Waals surface area (Å²) in [6.07, 6.45) is 4.36. The van der Waals surface area contributed by atoms with Crippen molar-refractivity contribution >= 4 is 12.6 Å². The van der Waals surface area contributed by atoms with E-state index in [9.17, 15) is 0 Å². The highest BCUT2D eigenvalue weighted by Crippen LogP contribution is 2.42. The second kappa shape index (κ2) is 4.70. The lowest BCUT2D eigenvalue weighted by molar-refractivity contribution is -0.0416. The summed E-state index contributed by atoms with van der Waals surface area (Å²) >= 11 is 4.41. The maximum Gasteiger partial charge on any atom is 0.0570 e. The lowest BCUT2D eigenvalue weighted by Crippen LogP contribution is -2.38. The molecule has 0 radical (unpaired) electrons. The van der Waals surface area contributed by atoms with Gasteiger partial charge in [0.1, 0.15) is 0 Å². The van der Waals surface area contributed by atoms with Crippen molar-refractivity contribution in [2.75, 3.05) is 12.4 Å². The maximum atomic E-state index is 5.85. The first-order valence-electron chi connectivity index (χ1n) is 5.32. The molecule has 1 rings (SSSR count). The summed E-state index contributed by atoms with van der Waals surface area (Å²) < 4.78 is 5.85. The molecule has 0 N–H and O–H groups in total. The van der Waals surface area contributed by atoms with Crippen molar-refractivity contribution < 1.29 is 4.74 Å². The lowest BCUT2D eigenvalue weighted by Gasteiger charge is -2.41. The molecular weight excluding hydrogens is 180 g/mol. The van der Waals surface area contributed by atoms with Crippen LogP contribution in [-0.2, 0) is 4.74 Å². The second-order valence-corrected chi connectivity index (χ2v) is 5.09. The van der Waals surface area contributed by atoms with Crippen LogP contribution in [0.3, 0.4) is 0 Å². The zero-order chi connectivity index (χ0) is 9.90. The standard InChI is InChI=1S/C11H22OS/c1-9(2)10(3)12-7-11(8-13)5-4-6-11/h9-10,13H,4-8H2,1-3H3. The zero-order valence-corrected chi connectivity index (χ0v) is 9.94. The van der Waals surface area contributed by atoms with Gasteiger partial charge in [0.05, 0.1) is 12.7 Å². The zero-order valence-electron chi connectivity index (χ0n) is 9.05. The number of thiol groups is 1. The molecule has 0 heterocycles. The molecule has 78 valence electrons. The molecule has 0 spiro atoms. The predicted octanol–water partition coefficient (Wildman–Crippen LogP) is 3.15. The van der Waals surface area contributed by atoms with E-state index >= 15 is 0 Å². The SMILES string of the molecule is CC(C)C(C)OCC1(CS)CCC1. The molecule has 1 unspecified atom stereocenters. The van der Waals surface area contributed by atoms with Crippen molar-refractivity contribution in [3.8, 4) is 0 Å². The van der Waals surface area contributed by atoms with E-state index in [0.717, 1.165) is 12.4 Å². The van der Waals surface area contributed by atoms with Crippen molar-refractivity contribution in [1.29, 1.82) is 0 Å². The topological polar surface area (TPSA) is 9.23 Å². The molecular formula is C11H22OS. The molecule has 0 amide bonds. The van der Waals surface area contributed by atoms with Crippen molar-refractivity contribution in [2.45, 2.75) is 46.1 Å². The molecule has 0 saturated heterocycles. The summed E-state index contributed by atoms with van der Waals surface area (Å²) in [6, 6.07) is 0. The van der Waals surface area contributed by atoms with Crippen LogP contribution in [0.5, 0.6) is 0 Å². The van der Waals surface area contributed by atoms with Gasteiger partial charge in [0.15, 0.2) is 0 Å². The second-order valence-electron chi connectivity index (χ2n) is 4.77. The highest BCUT2D eigenvalue weighted by molar-refractivity contribution is 7.80. The van der Waals surface area contributed by atoms with Crippen molar-refractivity contribution in [2.24, 2.45) is 11.3 Å². The number of rotatable bonds is 5. The van der Waals surface area contributed by atoms with E-state index in [2.05, 4.69) is 33.4 Å². The molecule has 13 heavy (non-hydrogen) atoms. The first-order valence-corrected chi connectivity index (χ1v) is 5.95. The third-order valence-corrected chi connectivity index (χ3v) is 4.01. The van der Waals surface area contributed by atoms with Crippen molar-refractivity contribution in [3.63, 3.8) is 0 Å². The average Bonchev–Trinajstić information content (AvgIpc) is 2.02. The van der Waals surface area contributed by atoms with Crippen LogP contribution in [-0.4, -0.2) is 18.5 Å². The van der Waals surface area contributed by atoms with Gasteiger partial charge < -0.3 is 4.74 Å². The van der Waals surface area contributed by atoms with E-state index in [1.165, 1.54) is 19.3 Å². The fourth-order valence-electron chi connectivity index (χ4n) is 1.53. The molecule has 0 aromatic rings. The highest BCUT2D eigenvalue weighted by Gasteiger charge is 2.36. The molecule has 0 aromatic heterocycles. The van der Waals surface area contributed by atoms with Crippen LogP contribution < -0.4 is 0 Å². The Morgan fingerprint density at radius 1 is 1.31 bits per heavy atom. The average molecular weight is 202 g/mol. The Bertz CT molecular complexity index is 147. The minimum Gasteiger partial charge on any atom is -0.378 e. The van der Waals surface area contributed by atoms with Crippen molar-refractivity contribution in [3.05, 3.63) is 0 Å². The summed E-state index contributed by atoms with van der Waals surface area (Å²) in [5.41, 5.74) is 0.423. The fraction of sp³-hybridized carbons (Fsp3) is 1.00. The Morgan fingerprint density at radius 3 is 2.23 bits per heavy atom. The number of hydrogen-bond donors (Lipinski definition) is 1. The molecule has 1 aliphatic rings. The Hall–Kier alpha value is 0.310. The van der Waals surface area contributed by atoms with Crippen LogP contribution in [0.15, 0.2) is 0 Å². The summed E-state index contributed by atoms with van der Waals surface area (Å²) in [4.78, 5) is 0. The molecule has 1 fully saturated rings. The monoisotopic (exact) mass is 202 g/mol. The normalized spacial score (nSPS) is 22.8. The van der Waals surface area contributed by atoms with Gasteiger partial charge in [0.2, 0.25) is 0 Å². The summed E-state index contributed by atoms with van der Waals surface area (Å²) in [6.45, 7) is 7.49. The van der Waals surface area contributed by atoms with E-state index < -0.39 is 0 Å². The van der Waals surface area contributed by atoms with Gasteiger partial charge in [-0.05, 0) is 31.4 Å². The Kier molecular flexibility index (Phi) is 4.11. The van der Waals surface area contributed by atoms with E-state index in [4.69, 9.17) is 4.74 Å². The van der Waals surface area contributed by atoms with E-state index in [0.29, 0.717) is 17.4 Å². The van der Waals surface area contributed by atoms with Crippen LogP contribution in [0.4, 0.5) is 0 Å². The minimum absolute atomic E-state index is 0.386. The van der Waals surface area contributed by atoms with Gasteiger partial charge in [-0.2, -0.15) is 12.6 Å². The first-order chi connectivity index (χ1) is 6.09. The molecule has 1 saturated carbocycles. The molecule has 0 aromatic carbocycles. The van der Waals surface area contributed by atoms with Gasteiger partial charge in [-0.25, -0.2) is 0 Å². The summed E-state index contributed by atoms with van der Waals surface area (Å²) in [5, 5.41) is 0. The van der Waals surface area contributed by atoms with Crippen LogP contribution in [0.2, 0.25) is 0 Å². The summed E-state index contributed by atoms with van der Waals surface area (Å²) in [7, 11) is 0. The van der Waals surface area contributed by atoms with Crippen molar-refractivity contribution in [1.82, 2.24) is 0 Å². The van der Waals surface area contributed by atoms with E-state index in [-0.39, 0.29) is 0 Å². The third-order valence-electron chi connectivity index (χ3n) is 3.34. The van der Waals surface area contributed by atoms with Crippen LogP contribution in [0, 0.1) is 11.3 Å². The van der Waals surface area contributed by atoms with Crippen LogP contribution in [0.1, 0.15) is 40.0 Å². The van der Waals surface area contributed by atoms with Gasteiger partial charge in [0, 0.05) is 5.41 Å². The first kappa shape index (κ1) is 11.4. The third kappa shape index (κ3) is 2.88. The molecule has 1 aliphatic carbocycles. The molecule has 1 nitrogen and oxygen atoms in total. The molecule has 1 atom stereocenters. The molecule has 0 aliphatic heterocycles. The smallest absolute Gasteiger partial charge is 0.0570 e. The number of hydrogen-bond acceptors (Lipinski definition) is 2. The molecule has 2 heteroatoms. The number of ether oxygens (including phenoxy) is 1. The van der Waals surface area contributed by atoms with Gasteiger partial charge in [-0.15, -0.1) is 0 Å². The van der Waals surface area contributed by atoms with Gasteiger partial charge >= 0.3 is 0 Å². The van der Waals surface area contributed by atoms with Crippen LogP contribution in [0.25, 0.3) is 0 Å². The quantitative estimate of drug-likeness (QED) is 0.674. The van der Waals surface area contributed by atoms with Gasteiger partial charge in [-0.1, -0.05) is 20.3 Å². The van der Waals surface area contributed by atoms with E-state index in [1.807, 2.05) is 0 Å². The Balaban J connectivity index is 2.24. The maximum absolute atomic E-state index is 5.85. The Morgan fingerprint density at radius 2 is 1.92 bits per heavy atom. The molecule has 0 bridgehead atoms. The lowest BCUT2D eigenvalue weighted by atomic mass is 9.71. The highest BCUT2D eigenvalue weighted by atomic mass is 32.1. The summed E-state index contributed by atoms with van der Waals surface area (Å²) in [5.74, 6) is 1.61. The van der Waals surface area contributed by atoms with E-state index in [1.54, 1.807) is 0 Å². The largest absolute Gasteiger partial charge is 0.378 e. The predicted molar refractivity (Wildman–Crippen MR) is 60.4 cm³/mol. The minimum atomic E-state index is 0.386. The Labute approximate surface area is 87.7 Å². The van der Waals surface area contributed by atoms with Gasteiger partial charge in [-0.3, -0.25) is 0 Å². The van der Waals surface area contributed by atoms with Gasteiger partial charge in [0.25, 0.3) is 0 Å². The fourth-order valence-corrected chi connectivity index (χ4v) is 1.93.